The highest BCUT2D eigenvalue weighted by Crippen LogP contribution is 2.32. The zero-order valence-electron chi connectivity index (χ0n) is 18.7. The van der Waals surface area contributed by atoms with Crippen molar-refractivity contribution in [1.82, 2.24) is 5.32 Å². The molecule has 32 heavy (non-hydrogen) atoms. The molecule has 2 N–H and O–H groups in total. The topological polar surface area (TPSA) is 106 Å². The van der Waals surface area contributed by atoms with Crippen molar-refractivity contribution in [2.45, 2.75) is 64.2 Å². The lowest BCUT2D eigenvalue weighted by Crippen LogP contribution is -2.54. The molecule has 1 aromatic carbocycles. The van der Waals surface area contributed by atoms with E-state index in [9.17, 15) is 14.4 Å². The van der Waals surface area contributed by atoms with Crippen molar-refractivity contribution in [3.8, 4) is 0 Å². The molecule has 176 valence electrons. The Kier molecular flexibility index (Phi) is 7.51. The van der Waals surface area contributed by atoms with Crippen LogP contribution in [0.3, 0.4) is 0 Å². The molecule has 0 unspecified atom stereocenters. The maximum absolute atomic E-state index is 12.7. The zero-order chi connectivity index (χ0) is 23.4. The highest BCUT2D eigenvalue weighted by molar-refractivity contribution is 6.34. The van der Waals surface area contributed by atoms with Crippen molar-refractivity contribution in [2.75, 3.05) is 30.0 Å². The van der Waals surface area contributed by atoms with Crippen LogP contribution in [0.4, 0.5) is 21.0 Å². The first kappa shape index (κ1) is 24.1. The van der Waals surface area contributed by atoms with E-state index in [-0.39, 0.29) is 12.5 Å². The summed E-state index contributed by atoms with van der Waals surface area (Å²) in [5.41, 5.74) is -0.834. The first-order chi connectivity index (χ1) is 15.1. The summed E-state index contributed by atoms with van der Waals surface area (Å²) < 4.78 is 16.2. The van der Waals surface area contributed by atoms with E-state index in [0.29, 0.717) is 42.4 Å². The number of nitrogens with one attached hydrogen (secondary N) is 2. The number of hydrogen-bond acceptors (Lipinski definition) is 6. The number of carbonyl (C=O) groups excluding carboxylic acids is 3. The van der Waals surface area contributed by atoms with E-state index in [4.69, 9.17) is 25.8 Å². The van der Waals surface area contributed by atoms with E-state index in [1.54, 1.807) is 43.9 Å². The van der Waals surface area contributed by atoms with Gasteiger partial charge in [-0.15, -0.1) is 0 Å². The van der Waals surface area contributed by atoms with Crippen LogP contribution in [-0.4, -0.2) is 49.2 Å². The molecule has 1 aliphatic heterocycles. The molecule has 2 aliphatic rings. The third-order valence-corrected chi connectivity index (χ3v) is 5.45. The molecule has 10 heteroatoms. The van der Waals surface area contributed by atoms with Crippen LogP contribution >= 0.6 is 11.6 Å². The van der Waals surface area contributed by atoms with Crippen molar-refractivity contribution in [1.29, 1.82) is 0 Å². The highest BCUT2D eigenvalue weighted by Gasteiger charge is 2.39. The number of hydrogen-bond donors (Lipinski definition) is 2. The van der Waals surface area contributed by atoms with Gasteiger partial charge in [-0.05, 0) is 51.8 Å². The Balaban J connectivity index is 1.66. The fourth-order valence-electron chi connectivity index (χ4n) is 3.76. The summed E-state index contributed by atoms with van der Waals surface area (Å²) in [6.07, 6.45) is 2.29. The fourth-order valence-corrected chi connectivity index (χ4v) is 4.04. The smallest absolute Gasteiger partial charge is 0.413 e. The number of anilines is 2. The molecule has 3 amide bonds. The molecule has 9 nitrogen and oxygen atoms in total. The molecule has 0 aromatic heterocycles. The molecule has 2 fully saturated rings. The Bertz CT molecular complexity index is 864. The van der Waals surface area contributed by atoms with Crippen LogP contribution in [0, 0.1) is 0 Å². The van der Waals surface area contributed by atoms with Crippen molar-refractivity contribution in [2.24, 2.45) is 0 Å². The summed E-state index contributed by atoms with van der Waals surface area (Å²) >= 11 is 6.36. The Morgan fingerprint density at radius 1 is 1.16 bits per heavy atom. The van der Waals surface area contributed by atoms with Gasteiger partial charge in [-0.2, -0.15) is 0 Å². The number of halogens is 1. The Hall–Kier alpha value is -2.52. The second-order valence-electron chi connectivity index (χ2n) is 8.96. The summed E-state index contributed by atoms with van der Waals surface area (Å²) in [5.74, 6) is -0.175. The monoisotopic (exact) mass is 467 g/mol. The zero-order valence-corrected chi connectivity index (χ0v) is 19.4. The molecule has 1 saturated carbocycles. The summed E-state index contributed by atoms with van der Waals surface area (Å²) in [6.45, 7) is 6.16. The molecule has 1 saturated heterocycles. The number of morpholine rings is 1. The third-order valence-electron chi connectivity index (χ3n) is 5.15. The first-order valence-corrected chi connectivity index (χ1v) is 11.1. The van der Waals surface area contributed by atoms with Gasteiger partial charge in [0.1, 0.15) is 12.2 Å². The van der Waals surface area contributed by atoms with Crippen LogP contribution in [0.2, 0.25) is 5.02 Å². The lowest BCUT2D eigenvalue weighted by molar-refractivity contribution is -0.125. The second kappa shape index (κ2) is 9.95. The van der Waals surface area contributed by atoms with Gasteiger partial charge in [-0.25, -0.2) is 9.59 Å². The Labute approximate surface area is 192 Å². The largest absolute Gasteiger partial charge is 0.444 e. The minimum absolute atomic E-state index is 0.00931. The molecule has 1 heterocycles. The predicted molar refractivity (Wildman–Crippen MR) is 120 cm³/mol. The van der Waals surface area contributed by atoms with Crippen LogP contribution in [0.15, 0.2) is 18.2 Å². The SMILES string of the molecule is CC(C)(C)OC(=O)NC1(OC(=O)Nc2ccc(N3CCOCC3=O)c(Cl)c2)CCCCC1. The molecule has 1 aromatic rings. The fraction of sp³-hybridized carbons (Fsp3) is 0.591. The standard InChI is InChI=1S/C22H30ClN3O6/c1-21(2,3)31-20(29)25-22(9-5-4-6-10-22)32-19(28)24-15-7-8-17(16(23)13-15)26-11-12-30-14-18(26)27/h7-8,13H,4-6,9-12,14H2,1-3H3,(H,24,28)(H,25,29). The molecule has 0 radical (unpaired) electrons. The summed E-state index contributed by atoms with van der Waals surface area (Å²) in [6, 6.07) is 4.85. The average molecular weight is 468 g/mol. The van der Waals surface area contributed by atoms with Crippen LogP contribution in [-0.2, 0) is 19.0 Å². The van der Waals surface area contributed by atoms with Crippen LogP contribution in [0.25, 0.3) is 0 Å². The number of carbonyl (C=O) groups is 3. The van der Waals surface area contributed by atoms with E-state index in [1.807, 2.05) is 0 Å². The van der Waals surface area contributed by atoms with Gasteiger partial charge in [0.25, 0.3) is 5.91 Å². The van der Waals surface area contributed by atoms with Crippen molar-refractivity contribution in [3.63, 3.8) is 0 Å². The number of amides is 3. The maximum Gasteiger partial charge on any atom is 0.413 e. The number of alkyl carbamates (subject to hydrolysis) is 1. The van der Waals surface area contributed by atoms with E-state index < -0.39 is 23.5 Å². The van der Waals surface area contributed by atoms with E-state index in [0.717, 1.165) is 19.3 Å². The summed E-state index contributed by atoms with van der Waals surface area (Å²) in [7, 11) is 0. The lowest BCUT2D eigenvalue weighted by atomic mass is 9.91. The Morgan fingerprint density at radius 3 is 2.50 bits per heavy atom. The van der Waals surface area contributed by atoms with Crippen LogP contribution in [0.1, 0.15) is 52.9 Å². The molecular weight excluding hydrogens is 438 g/mol. The van der Waals surface area contributed by atoms with Gasteiger partial charge >= 0.3 is 12.2 Å². The average Bonchev–Trinajstić information content (AvgIpc) is 2.67. The van der Waals surface area contributed by atoms with Gasteiger partial charge in [0, 0.05) is 25.1 Å². The molecule has 0 bridgehead atoms. The van der Waals surface area contributed by atoms with E-state index in [1.165, 1.54) is 0 Å². The molecule has 0 spiro atoms. The highest BCUT2D eigenvalue weighted by atomic mass is 35.5. The maximum atomic E-state index is 12.7. The second-order valence-corrected chi connectivity index (χ2v) is 9.37. The number of nitrogens with zero attached hydrogens (tertiary/aromatic N) is 1. The van der Waals surface area contributed by atoms with Gasteiger partial charge in [0.2, 0.25) is 0 Å². The lowest BCUT2D eigenvalue weighted by Gasteiger charge is -2.37. The summed E-state index contributed by atoms with van der Waals surface area (Å²) in [5, 5.41) is 5.72. The van der Waals surface area contributed by atoms with Crippen molar-refractivity contribution in [3.05, 3.63) is 23.2 Å². The number of ether oxygens (including phenoxy) is 3. The predicted octanol–water partition coefficient (Wildman–Crippen LogP) is 4.44. The minimum atomic E-state index is -1.13. The normalized spacial score (nSPS) is 18.6. The third kappa shape index (κ3) is 6.49. The molecular formula is C22H30ClN3O6. The first-order valence-electron chi connectivity index (χ1n) is 10.8. The number of benzene rings is 1. The van der Waals surface area contributed by atoms with Gasteiger partial charge in [-0.1, -0.05) is 18.0 Å². The van der Waals surface area contributed by atoms with Gasteiger partial charge in [0.15, 0.2) is 5.72 Å². The van der Waals surface area contributed by atoms with Gasteiger partial charge < -0.3 is 19.1 Å². The van der Waals surface area contributed by atoms with E-state index in [2.05, 4.69) is 10.6 Å². The minimum Gasteiger partial charge on any atom is -0.444 e. The van der Waals surface area contributed by atoms with Crippen LogP contribution < -0.4 is 15.5 Å². The Morgan fingerprint density at radius 2 is 1.88 bits per heavy atom. The number of rotatable bonds is 4. The van der Waals surface area contributed by atoms with E-state index >= 15 is 0 Å². The molecule has 1 aliphatic carbocycles. The van der Waals surface area contributed by atoms with Crippen molar-refractivity contribution >= 4 is 41.1 Å². The quantitative estimate of drug-likeness (QED) is 0.634. The van der Waals surface area contributed by atoms with Crippen molar-refractivity contribution < 1.29 is 28.6 Å². The molecule has 3 rings (SSSR count). The van der Waals surface area contributed by atoms with Gasteiger partial charge in [0.05, 0.1) is 17.3 Å². The van der Waals surface area contributed by atoms with Gasteiger partial charge in [-0.3, -0.25) is 15.4 Å². The van der Waals surface area contributed by atoms with Crippen LogP contribution in [0.5, 0.6) is 0 Å². The summed E-state index contributed by atoms with van der Waals surface area (Å²) in [4.78, 5) is 38.6. The molecule has 0 atom stereocenters.